The second kappa shape index (κ2) is 6.81. The molecule has 0 aromatic carbocycles. The van der Waals surface area contributed by atoms with E-state index in [9.17, 15) is 4.79 Å². The van der Waals surface area contributed by atoms with Crippen molar-refractivity contribution >= 4 is 22.6 Å². The Labute approximate surface area is 136 Å². The molecule has 1 aromatic heterocycles. The van der Waals surface area contributed by atoms with Gasteiger partial charge in [-0.3, -0.25) is 0 Å². The van der Waals surface area contributed by atoms with Crippen molar-refractivity contribution in [3.05, 3.63) is 5.01 Å². The average molecular weight is 326 g/mol. The van der Waals surface area contributed by atoms with Crippen LogP contribution in [0.5, 0.6) is 0 Å². The largest absolute Gasteiger partial charge is 0.444 e. The highest BCUT2D eigenvalue weighted by Crippen LogP contribution is 2.27. The van der Waals surface area contributed by atoms with Crippen LogP contribution in [0.25, 0.3) is 0 Å². The second-order valence-corrected chi connectivity index (χ2v) is 8.32. The summed E-state index contributed by atoms with van der Waals surface area (Å²) in [7, 11) is 0. The van der Waals surface area contributed by atoms with Crippen molar-refractivity contribution in [1.29, 1.82) is 0 Å². The van der Waals surface area contributed by atoms with Gasteiger partial charge < -0.3 is 15.4 Å². The molecule has 7 heteroatoms. The van der Waals surface area contributed by atoms with Crippen LogP contribution in [0.4, 0.5) is 9.93 Å². The van der Waals surface area contributed by atoms with Gasteiger partial charge in [0, 0.05) is 18.5 Å². The van der Waals surface area contributed by atoms with E-state index in [1.807, 2.05) is 20.8 Å². The van der Waals surface area contributed by atoms with E-state index in [2.05, 4.69) is 34.7 Å². The van der Waals surface area contributed by atoms with Crippen molar-refractivity contribution in [3.8, 4) is 0 Å². The third kappa shape index (κ3) is 5.44. The molecule has 6 nitrogen and oxygen atoms in total. The first-order chi connectivity index (χ1) is 10.2. The van der Waals surface area contributed by atoms with Gasteiger partial charge in [0.15, 0.2) is 0 Å². The van der Waals surface area contributed by atoms with E-state index in [0.717, 1.165) is 29.4 Å². The molecule has 1 aromatic rings. The highest BCUT2D eigenvalue weighted by molar-refractivity contribution is 7.15. The third-order valence-electron chi connectivity index (χ3n) is 3.24. The fourth-order valence-electron chi connectivity index (χ4n) is 2.25. The number of nitrogens with zero attached hydrogens (tertiary/aromatic N) is 2. The van der Waals surface area contributed by atoms with E-state index < -0.39 is 5.60 Å². The smallest absolute Gasteiger partial charge is 0.407 e. The van der Waals surface area contributed by atoms with Crippen LogP contribution < -0.4 is 10.6 Å². The van der Waals surface area contributed by atoms with Gasteiger partial charge in [0.1, 0.15) is 10.6 Å². The third-order valence-corrected chi connectivity index (χ3v) is 4.11. The molecule has 1 saturated carbocycles. The first kappa shape index (κ1) is 17.0. The number of carbonyl (C=O) groups excluding carboxylic acids is 1. The van der Waals surface area contributed by atoms with Crippen LogP contribution in [0.2, 0.25) is 0 Å². The van der Waals surface area contributed by atoms with Crippen LogP contribution in [0.1, 0.15) is 52.5 Å². The Balaban J connectivity index is 1.69. The molecular formula is C15H26N4O2S. The van der Waals surface area contributed by atoms with Crippen molar-refractivity contribution in [2.45, 2.75) is 71.6 Å². The normalized spacial score (nSPS) is 21.4. The lowest BCUT2D eigenvalue weighted by molar-refractivity contribution is 0.0475. The topological polar surface area (TPSA) is 76.1 Å². The summed E-state index contributed by atoms with van der Waals surface area (Å²) in [6.07, 6.45) is 2.40. The van der Waals surface area contributed by atoms with Crippen LogP contribution in [-0.2, 0) is 11.2 Å². The van der Waals surface area contributed by atoms with Crippen LogP contribution in [0.15, 0.2) is 0 Å². The van der Waals surface area contributed by atoms with E-state index >= 15 is 0 Å². The lowest BCUT2D eigenvalue weighted by Gasteiger charge is -2.36. The van der Waals surface area contributed by atoms with Crippen LogP contribution >= 0.6 is 11.3 Å². The molecule has 0 bridgehead atoms. The maximum atomic E-state index is 11.7. The summed E-state index contributed by atoms with van der Waals surface area (Å²) in [4.78, 5) is 11.7. The molecule has 0 radical (unpaired) electrons. The minimum absolute atomic E-state index is 0.176. The average Bonchev–Trinajstić information content (AvgIpc) is 2.70. The van der Waals surface area contributed by atoms with Gasteiger partial charge in [-0.2, -0.15) is 0 Å². The molecule has 0 aliphatic heterocycles. The Morgan fingerprint density at radius 3 is 2.59 bits per heavy atom. The van der Waals surface area contributed by atoms with Crippen LogP contribution in [-0.4, -0.2) is 34.0 Å². The first-order valence-electron chi connectivity index (χ1n) is 7.79. The second-order valence-electron chi connectivity index (χ2n) is 7.25. The quantitative estimate of drug-likeness (QED) is 0.869. The summed E-state index contributed by atoms with van der Waals surface area (Å²) < 4.78 is 5.25. The van der Waals surface area contributed by atoms with Gasteiger partial charge in [0.2, 0.25) is 5.13 Å². The Bertz CT molecular complexity index is 504. The molecule has 1 amide bonds. The maximum Gasteiger partial charge on any atom is 0.407 e. The summed E-state index contributed by atoms with van der Waals surface area (Å²) in [6, 6.07) is 0.523. The van der Waals surface area contributed by atoms with Crippen molar-refractivity contribution in [3.63, 3.8) is 0 Å². The lowest BCUT2D eigenvalue weighted by atomic mass is 9.87. The van der Waals surface area contributed by atoms with E-state index in [0.29, 0.717) is 12.0 Å². The molecule has 2 N–H and O–H groups in total. The summed E-state index contributed by atoms with van der Waals surface area (Å²) in [5, 5.41) is 16.6. The van der Waals surface area contributed by atoms with Crippen molar-refractivity contribution in [1.82, 2.24) is 15.5 Å². The van der Waals surface area contributed by atoms with Gasteiger partial charge >= 0.3 is 6.09 Å². The molecule has 0 unspecified atom stereocenters. The lowest BCUT2D eigenvalue weighted by Crippen LogP contribution is -2.50. The van der Waals surface area contributed by atoms with E-state index in [1.54, 1.807) is 11.3 Å². The highest BCUT2D eigenvalue weighted by atomic mass is 32.1. The molecule has 1 aliphatic carbocycles. The Kier molecular flexibility index (Phi) is 5.26. The fourth-order valence-corrected chi connectivity index (χ4v) is 3.27. The molecule has 1 fully saturated rings. The Morgan fingerprint density at radius 1 is 1.32 bits per heavy atom. The van der Waals surface area contributed by atoms with Crippen molar-refractivity contribution in [2.75, 3.05) is 5.32 Å². The molecule has 124 valence electrons. The van der Waals surface area contributed by atoms with Crippen molar-refractivity contribution < 1.29 is 9.53 Å². The number of aromatic nitrogens is 2. The Morgan fingerprint density at radius 2 is 2.00 bits per heavy atom. The zero-order valence-electron chi connectivity index (χ0n) is 14.0. The molecule has 22 heavy (non-hydrogen) atoms. The number of amides is 1. The summed E-state index contributed by atoms with van der Waals surface area (Å²) in [5.74, 6) is 0.590. The van der Waals surface area contributed by atoms with E-state index in [-0.39, 0.29) is 12.1 Å². The number of ether oxygens (including phenoxy) is 1. The molecule has 0 saturated heterocycles. The zero-order valence-corrected chi connectivity index (χ0v) is 14.8. The van der Waals surface area contributed by atoms with Gasteiger partial charge in [-0.05, 0) is 39.5 Å². The SMILES string of the molecule is CC(C)Cc1nnc(NC2CC(NC(=O)OC(C)(C)C)C2)s1. The maximum absolute atomic E-state index is 11.7. The van der Waals surface area contributed by atoms with E-state index in [4.69, 9.17) is 4.74 Å². The molecule has 0 atom stereocenters. The number of anilines is 1. The van der Waals surface area contributed by atoms with Gasteiger partial charge in [-0.15, -0.1) is 10.2 Å². The number of rotatable bonds is 5. The molecule has 1 heterocycles. The summed E-state index contributed by atoms with van der Waals surface area (Å²) >= 11 is 1.62. The zero-order chi connectivity index (χ0) is 16.3. The van der Waals surface area contributed by atoms with Crippen LogP contribution in [0, 0.1) is 5.92 Å². The predicted octanol–water partition coefficient (Wildman–Crippen LogP) is 3.20. The van der Waals surface area contributed by atoms with Gasteiger partial charge in [0.25, 0.3) is 0 Å². The molecule has 1 aliphatic rings. The standard InChI is InChI=1S/C15H26N4O2S/c1-9(2)6-12-18-19-13(22-12)16-10-7-11(8-10)17-14(20)21-15(3,4)5/h9-11H,6-8H2,1-5H3,(H,16,19)(H,17,20). The predicted molar refractivity (Wildman–Crippen MR) is 88.3 cm³/mol. The van der Waals surface area contributed by atoms with Gasteiger partial charge in [0.05, 0.1) is 0 Å². The number of alkyl carbamates (subject to hydrolysis) is 1. The molecule has 2 rings (SSSR count). The summed E-state index contributed by atoms with van der Waals surface area (Å²) in [6.45, 7) is 9.94. The number of nitrogens with one attached hydrogen (secondary N) is 2. The number of hydrogen-bond acceptors (Lipinski definition) is 6. The minimum Gasteiger partial charge on any atom is -0.444 e. The summed E-state index contributed by atoms with van der Waals surface area (Å²) in [5.41, 5.74) is -0.454. The Hall–Kier alpha value is -1.37. The minimum atomic E-state index is -0.454. The van der Waals surface area contributed by atoms with Crippen molar-refractivity contribution in [2.24, 2.45) is 5.92 Å². The van der Waals surface area contributed by atoms with Crippen LogP contribution in [0.3, 0.4) is 0 Å². The first-order valence-corrected chi connectivity index (χ1v) is 8.61. The fraction of sp³-hybridized carbons (Fsp3) is 0.800. The van der Waals surface area contributed by atoms with Gasteiger partial charge in [-0.25, -0.2) is 4.79 Å². The van der Waals surface area contributed by atoms with Gasteiger partial charge in [-0.1, -0.05) is 25.2 Å². The molecule has 0 spiro atoms. The van der Waals surface area contributed by atoms with E-state index in [1.165, 1.54) is 0 Å². The number of hydrogen-bond donors (Lipinski definition) is 2. The highest BCUT2D eigenvalue weighted by Gasteiger charge is 2.32. The number of carbonyl (C=O) groups is 1. The molecular weight excluding hydrogens is 300 g/mol. The monoisotopic (exact) mass is 326 g/mol.